The van der Waals surface area contributed by atoms with E-state index < -0.39 is 0 Å². The van der Waals surface area contributed by atoms with E-state index in [-0.39, 0.29) is 0 Å². The zero-order valence-corrected chi connectivity index (χ0v) is 13.3. The Morgan fingerprint density at radius 3 is 2.96 bits per heavy atom. The summed E-state index contributed by atoms with van der Waals surface area (Å²) in [5, 5.41) is 3.24. The molecule has 6 nitrogen and oxygen atoms in total. The Morgan fingerprint density at radius 1 is 1.22 bits per heavy atom. The molecule has 0 aliphatic carbocycles. The zero-order valence-electron chi connectivity index (χ0n) is 13.3. The van der Waals surface area contributed by atoms with Crippen molar-refractivity contribution in [2.24, 2.45) is 0 Å². The molecule has 0 unspecified atom stereocenters. The third-order valence-electron chi connectivity index (χ3n) is 3.54. The highest BCUT2D eigenvalue weighted by Gasteiger charge is 2.14. The van der Waals surface area contributed by atoms with Gasteiger partial charge in [-0.2, -0.15) is 0 Å². The fraction of sp³-hybridized carbons (Fsp3) is 0.294. The van der Waals surface area contributed by atoms with Crippen LogP contribution in [0.15, 0.2) is 42.7 Å². The summed E-state index contributed by atoms with van der Waals surface area (Å²) >= 11 is 0. The summed E-state index contributed by atoms with van der Waals surface area (Å²) < 4.78 is 10.8. The summed E-state index contributed by atoms with van der Waals surface area (Å²) in [7, 11) is 2.00. The Bertz CT molecular complexity index is 703. The van der Waals surface area contributed by atoms with Gasteiger partial charge >= 0.3 is 0 Å². The van der Waals surface area contributed by atoms with E-state index in [0.717, 1.165) is 41.8 Å². The molecule has 2 heterocycles. The number of allylic oxidation sites excluding steroid dienone is 1. The molecule has 1 aromatic heterocycles. The van der Waals surface area contributed by atoms with Crippen molar-refractivity contribution in [3.8, 4) is 11.5 Å². The molecule has 0 saturated carbocycles. The highest BCUT2D eigenvalue weighted by atomic mass is 16.7. The fourth-order valence-corrected chi connectivity index (χ4v) is 2.33. The lowest BCUT2D eigenvalue weighted by atomic mass is 10.2. The van der Waals surface area contributed by atoms with Crippen LogP contribution in [0.25, 0.3) is 0 Å². The smallest absolute Gasteiger partial charge is 0.231 e. The van der Waals surface area contributed by atoms with Gasteiger partial charge in [0.2, 0.25) is 6.79 Å². The first kappa shape index (κ1) is 15.1. The Balaban J connectivity index is 1.68. The molecule has 6 heteroatoms. The quantitative estimate of drug-likeness (QED) is 0.828. The molecule has 120 valence electrons. The summed E-state index contributed by atoms with van der Waals surface area (Å²) in [4.78, 5) is 10.6. The molecule has 0 radical (unpaired) electrons. The first-order valence-corrected chi connectivity index (χ1v) is 7.53. The lowest BCUT2D eigenvalue weighted by molar-refractivity contribution is 0.174. The highest BCUT2D eigenvalue weighted by Crippen LogP contribution is 2.33. The summed E-state index contributed by atoms with van der Waals surface area (Å²) in [5.74, 6) is 3.27. The second-order valence-electron chi connectivity index (χ2n) is 5.26. The van der Waals surface area contributed by atoms with E-state index in [4.69, 9.17) is 9.47 Å². The van der Waals surface area contributed by atoms with Crippen LogP contribution < -0.4 is 19.7 Å². The molecular formula is C17H20N4O2. The molecule has 3 rings (SSSR count). The third-order valence-corrected chi connectivity index (χ3v) is 3.54. The van der Waals surface area contributed by atoms with Crippen molar-refractivity contribution in [1.29, 1.82) is 0 Å². The maximum atomic E-state index is 5.42. The van der Waals surface area contributed by atoms with Crippen LogP contribution in [0.5, 0.6) is 11.5 Å². The average Bonchev–Trinajstić information content (AvgIpc) is 3.03. The molecule has 23 heavy (non-hydrogen) atoms. The van der Waals surface area contributed by atoms with Crippen LogP contribution in [0.3, 0.4) is 0 Å². The van der Waals surface area contributed by atoms with Crippen molar-refractivity contribution in [3.63, 3.8) is 0 Å². The molecule has 0 amide bonds. The van der Waals surface area contributed by atoms with Crippen molar-refractivity contribution in [1.82, 2.24) is 9.97 Å². The van der Waals surface area contributed by atoms with Gasteiger partial charge in [0.05, 0.1) is 0 Å². The van der Waals surface area contributed by atoms with Gasteiger partial charge in [0.1, 0.15) is 18.0 Å². The van der Waals surface area contributed by atoms with Gasteiger partial charge in [-0.3, -0.25) is 0 Å². The van der Waals surface area contributed by atoms with Crippen LogP contribution in [-0.2, 0) is 6.54 Å². The van der Waals surface area contributed by atoms with Gasteiger partial charge in [0.25, 0.3) is 0 Å². The number of anilines is 2. The van der Waals surface area contributed by atoms with Gasteiger partial charge in [-0.1, -0.05) is 18.2 Å². The summed E-state index contributed by atoms with van der Waals surface area (Å²) in [6.07, 6.45) is 5.61. The predicted octanol–water partition coefficient (Wildman–Crippen LogP) is 2.83. The average molecular weight is 312 g/mol. The van der Waals surface area contributed by atoms with Crippen LogP contribution >= 0.6 is 0 Å². The predicted molar refractivity (Wildman–Crippen MR) is 90.0 cm³/mol. The van der Waals surface area contributed by atoms with Gasteiger partial charge in [0.15, 0.2) is 11.5 Å². The Labute approximate surface area is 135 Å². The molecule has 0 spiro atoms. The van der Waals surface area contributed by atoms with Gasteiger partial charge in [-0.05, 0) is 24.6 Å². The van der Waals surface area contributed by atoms with Crippen molar-refractivity contribution in [2.45, 2.75) is 13.5 Å². The second-order valence-corrected chi connectivity index (χ2v) is 5.26. The lowest BCUT2D eigenvalue weighted by Gasteiger charge is -2.19. The molecule has 2 aromatic rings. The molecule has 1 aliphatic rings. The lowest BCUT2D eigenvalue weighted by Crippen LogP contribution is -2.18. The molecule has 0 saturated heterocycles. The van der Waals surface area contributed by atoms with E-state index in [0.29, 0.717) is 6.79 Å². The van der Waals surface area contributed by atoms with Crippen LogP contribution in [0.4, 0.5) is 11.6 Å². The van der Waals surface area contributed by atoms with Crippen LogP contribution in [-0.4, -0.2) is 30.4 Å². The van der Waals surface area contributed by atoms with E-state index in [1.807, 2.05) is 50.4 Å². The Hall–Kier alpha value is -2.76. The summed E-state index contributed by atoms with van der Waals surface area (Å²) in [6, 6.07) is 7.92. The Kier molecular flexibility index (Phi) is 4.61. The summed E-state index contributed by atoms with van der Waals surface area (Å²) in [5.41, 5.74) is 1.14. The Morgan fingerprint density at radius 2 is 2.09 bits per heavy atom. The van der Waals surface area contributed by atoms with Crippen molar-refractivity contribution in [2.75, 3.05) is 30.6 Å². The van der Waals surface area contributed by atoms with Gasteiger partial charge in [-0.25, -0.2) is 9.97 Å². The summed E-state index contributed by atoms with van der Waals surface area (Å²) in [6.45, 7) is 3.76. The van der Waals surface area contributed by atoms with Crippen LogP contribution in [0, 0.1) is 0 Å². The first-order valence-electron chi connectivity index (χ1n) is 7.53. The SMILES string of the molecule is C/C=C/CNc1cc(N(C)Cc2ccc3c(c2)OCO3)ncn1. The monoisotopic (exact) mass is 312 g/mol. The van der Waals surface area contributed by atoms with Gasteiger partial charge in [0, 0.05) is 26.2 Å². The number of fused-ring (bicyclic) bond motifs is 1. The molecule has 0 fully saturated rings. The highest BCUT2D eigenvalue weighted by molar-refractivity contribution is 5.50. The zero-order chi connectivity index (χ0) is 16.1. The van der Waals surface area contributed by atoms with Crippen molar-refractivity contribution < 1.29 is 9.47 Å². The normalized spacial score (nSPS) is 12.6. The second kappa shape index (κ2) is 7.00. The number of nitrogens with zero attached hydrogens (tertiary/aromatic N) is 3. The first-order chi connectivity index (χ1) is 11.3. The molecular weight excluding hydrogens is 292 g/mol. The van der Waals surface area contributed by atoms with E-state index in [2.05, 4.69) is 20.2 Å². The molecule has 0 atom stereocenters. The number of benzene rings is 1. The standard InChI is InChI=1S/C17H20N4O2/c1-3-4-7-18-16-9-17(20-11-19-16)21(2)10-13-5-6-14-15(8-13)23-12-22-14/h3-6,8-9,11H,7,10,12H2,1-2H3,(H,18,19,20)/b4-3+. The maximum absolute atomic E-state index is 5.42. The van der Waals surface area contributed by atoms with E-state index >= 15 is 0 Å². The minimum absolute atomic E-state index is 0.293. The molecule has 1 aliphatic heterocycles. The third kappa shape index (κ3) is 3.71. The molecule has 1 N–H and O–H groups in total. The van der Waals surface area contributed by atoms with Crippen molar-refractivity contribution >= 4 is 11.6 Å². The van der Waals surface area contributed by atoms with Gasteiger partial charge < -0.3 is 19.7 Å². The van der Waals surface area contributed by atoms with E-state index in [1.54, 1.807) is 6.33 Å². The molecule has 0 bridgehead atoms. The van der Waals surface area contributed by atoms with E-state index in [9.17, 15) is 0 Å². The van der Waals surface area contributed by atoms with Crippen LogP contribution in [0.2, 0.25) is 0 Å². The topological polar surface area (TPSA) is 59.5 Å². The fourth-order valence-electron chi connectivity index (χ4n) is 2.33. The van der Waals surface area contributed by atoms with Crippen molar-refractivity contribution in [3.05, 3.63) is 48.3 Å². The van der Waals surface area contributed by atoms with Gasteiger partial charge in [-0.15, -0.1) is 0 Å². The molecule has 1 aromatic carbocycles. The number of nitrogens with one attached hydrogen (secondary N) is 1. The van der Waals surface area contributed by atoms with E-state index in [1.165, 1.54) is 0 Å². The number of hydrogen-bond acceptors (Lipinski definition) is 6. The maximum Gasteiger partial charge on any atom is 0.231 e. The number of ether oxygens (including phenoxy) is 2. The number of hydrogen-bond donors (Lipinski definition) is 1. The minimum atomic E-state index is 0.293. The number of aromatic nitrogens is 2. The number of rotatable bonds is 6. The minimum Gasteiger partial charge on any atom is -0.454 e. The van der Waals surface area contributed by atoms with Crippen LogP contribution in [0.1, 0.15) is 12.5 Å². The largest absolute Gasteiger partial charge is 0.454 e.